The Labute approximate surface area is 92.3 Å². The molecule has 0 aliphatic rings. The maximum absolute atomic E-state index is 12.2. The van der Waals surface area contributed by atoms with E-state index in [1.54, 1.807) is 19.3 Å². The maximum atomic E-state index is 12.2. The van der Waals surface area contributed by atoms with Gasteiger partial charge in [-0.25, -0.2) is 0 Å². The Morgan fingerprint density at radius 3 is 2.69 bits per heavy atom. The average molecular weight is 233 g/mol. The molecule has 0 aromatic carbocycles. The molecule has 0 saturated carbocycles. The molecule has 1 aromatic heterocycles. The zero-order chi connectivity index (χ0) is 12.2. The second kappa shape index (κ2) is 5.16. The number of halogens is 3. The van der Waals surface area contributed by atoms with Crippen LogP contribution in [0, 0.1) is 0 Å². The largest absolute Gasteiger partial charge is 0.405 e. The molecule has 0 saturated heterocycles. The highest BCUT2D eigenvalue weighted by molar-refractivity contribution is 5.51. The first-order chi connectivity index (χ1) is 7.44. The van der Waals surface area contributed by atoms with Crippen LogP contribution in [0.4, 0.5) is 18.9 Å². The van der Waals surface area contributed by atoms with Crippen LogP contribution in [-0.2, 0) is 6.54 Å². The standard InChI is InChI=1S/C10H14F3N3/c1-14-5-8-3-4-15-6-9(8)16(2)7-10(11,12)13/h3-4,6,14H,5,7H2,1-2H3. The van der Waals surface area contributed by atoms with Gasteiger partial charge in [-0.05, 0) is 18.7 Å². The lowest BCUT2D eigenvalue weighted by Crippen LogP contribution is -2.31. The number of hydrogen-bond donors (Lipinski definition) is 1. The van der Waals surface area contributed by atoms with Gasteiger partial charge in [-0.2, -0.15) is 13.2 Å². The molecule has 0 aliphatic heterocycles. The average Bonchev–Trinajstić information content (AvgIpc) is 2.16. The van der Waals surface area contributed by atoms with Crippen LogP contribution in [0.15, 0.2) is 18.5 Å². The molecule has 0 atom stereocenters. The molecule has 90 valence electrons. The van der Waals surface area contributed by atoms with Gasteiger partial charge in [0.1, 0.15) is 6.54 Å². The van der Waals surface area contributed by atoms with Crippen molar-refractivity contribution in [1.82, 2.24) is 10.3 Å². The summed E-state index contributed by atoms with van der Waals surface area (Å²) in [5.74, 6) is 0. The lowest BCUT2D eigenvalue weighted by Gasteiger charge is -2.23. The summed E-state index contributed by atoms with van der Waals surface area (Å²) in [4.78, 5) is 4.99. The second-order valence-electron chi connectivity index (χ2n) is 3.51. The van der Waals surface area contributed by atoms with Gasteiger partial charge in [0.15, 0.2) is 0 Å². The molecule has 16 heavy (non-hydrogen) atoms. The van der Waals surface area contributed by atoms with Crippen molar-refractivity contribution < 1.29 is 13.2 Å². The molecule has 1 rings (SSSR count). The number of nitrogens with one attached hydrogen (secondary N) is 1. The van der Waals surface area contributed by atoms with E-state index >= 15 is 0 Å². The van der Waals surface area contributed by atoms with E-state index in [9.17, 15) is 13.2 Å². The molecule has 0 amide bonds. The third-order valence-electron chi connectivity index (χ3n) is 2.08. The van der Waals surface area contributed by atoms with Crippen molar-refractivity contribution in [2.24, 2.45) is 0 Å². The number of aromatic nitrogens is 1. The number of alkyl halides is 3. The normalized spacial score (nSPS) is 11.6. The summed E-state index contributed by atoms with van der Waals surface area (Å²) in [6.45, 7) is -0.463. The van der Waals surface area contributed by atoms with Crippen molar-refractivity contribution in [3.05, 3.63) is 24.0 Å². The van der Waals surface area contributed by atoms with Crippen LogP contribution in [0.3, 0.4) is 0 Å². The topological polar surface area (TPSA) is 28.2 Å². The zero-order valence-corrected chi connectivity index (χ0v) is 9.17. The Kier molecular flexibility index (Phi) is 4.12. The van der Waals surface area contributed by atoms with Crippen molar-refractivity contribution in [3.8, 4) is 0 Å². The Morgan fingerprint density at radius 1 is 1.44 bits per heavy atom. The predicted molar refractivity (Wildman–Crippen MR) is 56.3 cm³/mol. The first-order valence-electron chi connectivity index (χ1n) is 4.79. The van der Waals surface area contributed by atoms with Crippen LogP contribution in [0.1, 0.15) is 5.56 Å². The van der Waals surface area contributed by atoms with Gasteiger partial charge in [-0.1, -0.05) is 0 Å². The van der Waals surface area contributed by atoms with Gasteiger partial charge in [-0.15, -0.1) is 0 Å². The fraction of sp³-hybridized carbons (Fsp3) is 0.500. The number of anilines is 1. The quantitative estimate of drug-likeness (QED) is 0.859. The van der Waals surface area contributed by atoms with Crippen molar-refractivity contribution >= 4 is 5.69 Å². The van der Waals surface area contributed by atoms with Crippen LogP contribution in [0.2, 0.25) is 0 Å². The molecule has 0 fully saturated rings. The Balaban J connectivity index is 2.85. The number of rotatable bonds is 4. The van der Waals surface area contributed by atoms with E-state index in [0.29, 0.717) is 12.2 Å². The van der Waals surface area contributed by atoms with E-state index in [-0.39, 0.29) is 0 Å². The molecule has 1 aromatic rings. The molecule has 6 heteroatoms. The van der Waals surface area contributed by atoms with Gasteiger partial charge in [0.05, 0.1) is 11.9 Å². The molecular weight excluding hydrogens is 219 g/mol. The van der Waals surface area contributed by atoms with Crippen molar-refractivity contribution in [1.29, 1.82) is 0 Å². The zero-order valence-electron chi connectivity index (χ0n) is 9.17. The first-order valence-corrected chi connectivity index (χ1v) is 4.79. The first kappa shape index (κ1) is 12.8. The maximum Gasteiger partial charge on any atom is 0.405 e. The van der Waals surface area contributed by atoms with Crippen LogP contribution in [-0.4, -0.2) is 31.8 Å². The minimum atomic E-state index is -4.21. The lowest BCUT2D eigenvalue weighted by atomic mass is 10.2. The van der Waals surface area contributed by atoms with Gasteiger partial charge < -0.3 is 10.2 Å². The van der Waals surface area contributed by atoms with Gasteiger partial charge in [0, 0.05) is 19.8 Å². The molecule has 0 spiro atoms. The summed E-state index contributed by atoms with van der Waals surface area (Å²) < 4.78 is 36.7. The molecular formula is C10H14F3N3. The minimum Gasteiger partial charge on any atom is -0.364 e. The number of pyridine rings is 1. The van der Waals surface area contributed by atoms with E-state index in [0.717, 1.165) is 10.5 Å². The number of hydrogen-bond acceptors (Lipinski definition) is 3. The fourth-order valence-electron chi connectivity index (χ4n) is 1.45. The highest BCUT2D eigenvalue weighted by atomic mass is 19.4. The van der Waals surface area contributed by atoms with Gasteiger partial charge >= 0.3 is 6.18 Å². The third kappa shape index (κ3) is 3.69. The van der Waals surface area contributed by atoms with Crippen LogP contribution in [0.25, 0.3) is 0 Å². The van der Waals surface area contributed by atoms with Crippen LogP contribution in [0.5, 0.6) is 0 Å². The number of nitrogens with zero attached hydrogens (tertiary/aromatic N) is 2. The fourth-order valence-corrected chi connectivity index (χ4v) is 1.45. The summed E-state index contributed by atoms with van der Waals surface area (Å²) in [6.07, 6.45) is -1.20. The van der Waals surface area contributed by atoms with Gasteiger partial charge in [0.25, 0.3) is 0 Å². The molecule has 0 bridgehead atoms. The SMILES string of the molecule is CNCc1ccncc1N(C)CC(F)(F)F. The summed E-state index contributed by atoms with van der Waals surface area (Å²) in [6, 6.07) is 1.71. The highest BCUT2D eigenvalue weighted by Gasteiger charge is 2.29. The van der Waals surface area contributed by atoms with E-state index < -0.39 is 12.7 Å². The Hall–Kier alpha value is -1.30. The minimum absolute atomic E-state index is 0.495. The molecule has 1 N–H and O–H groups in total. The van der Waals surface area contributed by atoms with Crippen molar-refractivity contribution in [2.45, 2.75) is 12.7 Å². The summed E-state index contributed by atoms with van der Waals surface area (Å²) >= 11 is 0. The van der Waals surface area contributed by atoms with Crippen LogP contribution < -0.4 is 10.2 Å². The summed E-state index contributed by atoms with van der Waals surface area (Å²) in [5.41, 5.74) is 1.29. The molecule has 0 unspecified atom stereocenters. The third-order valence-corrected chi connectivity index (χ3v) is 2.08. The van der Waals surface area contributed by atoms with E-state index in [4.69, 9.17) is 0 Å². The summed E-state index contributed by atoms with van der Waals surface area (Å²) in [7, 11) is 3.15. The van der Waals surface area contributed by atoms with E-state index in [1.807, 2.05) is 0 Å². The van der Waals surface area contributed by atoms with E-state index in [2.05, 4.69) is 10.3 Å². The van der Waals surface area contributed by atoms with Crippen molar-refractivity contribution in [3.63, 3.8) is 0 Å². The molecule has 0 radical (unpaired) electrons. The van der Waals surface area contributed by atoms with Crippen LogP contribution >= 0.6 is 0 Å². The smallest absolute Gasteiger partial charge is 0.364 e. The van der Waals surface area contributed by atoms with Gasteiger partial charge in [-0.3, -0.25) is 4.98 Å². The van der Waals surface area contributed by atoms with Crippen molar-refractivity contribution in [2.75, 3.05) is 25.5 Å². The Bertz CT molecular complexity index is 338. The summed E-state index contributed by atoms with van der Waals surface area (Å²) in [5, 5.41) is 2.91. The molecule has 0 aliphatic carbocycles. The van der Waals surface area contributed by atoms with Gasteiger partial charge in [0.2, 0.25) is 0 Å². The monoisotopic (exact) mass is 233 g/mol. The Morgan fingerprint density at radius 2 is 2.12 bits per heavy atom. The highest BCUT2D eigenvalue weighted by Crippen LogP contribution is 2.23. The molecule has 3 nitrogen and oxygen atoms in total. The lowest BCUT2D eigenvalue weighted by molar-refractivity contribution is -0.119. The second-order valence-corrected chi connectivity index (χ2v) is 3.51. The predicted octanol–water partition coefficient (Wildman–Crippen LogP) is 1.80. The van der Waals surface area contributed by atoms with E-state index in [1.165, 1.54) is 13.2 Å². The molecule has 1 heterocycles.